The van der Waals surface area contributed by atoms with Crippen LogP contribution in [0.5, 0.6) is 0 Å². The lowest BCUT2D eigenvalue weighted by Crippen LogP contribution is -2.20. The maximum absolute atomic E-state index is 11.7. The summed E-state index contributed by atoms with van der Waals surface area (Å²) in [5, 5.41) is 0. The minimum absolute atomic E-state index is 0.0685. The van der Waals surface area contributed by atoms with Gasteiger partial charge in [-0.1, -0.05) is 19.9 Å². The second kappa shape index (κ2) is 5.21. The van der Waals surface area contributed by atoms with Crippen molar-refractivity contribution in [3.8, 4) is 0 Å². The summed E-state index contributed by atoms with van der Waals surface area (Å²) in [5.41, 5.74) is 0.551. The third-order valence-corrected chi connectivity index (χ3v) is 2.59. The summed E-state index contributed by atoms with van der Waals surface area (Å²) >= 11 is 4.17. The lowest BCUT2D eigenvalue weighted by atomic mass is 10.1. The van der Waals surface area contributed by atoms with E-state index in [9.17, 15) is 4.79 Å². The largest absolute Gasteiger partial charge is 0.459 e. The third-order valence-electron chi connectivity index (χ3n) is 2.31. The lowest BCUT2D eigenvalue weighted by molar-refractivity contribution is 0.0238. The predicted molar refractivity (Wildman–Crippen MR) is 63.4 cm³/mol. The molecule has 0 heterocycles. The number of hydrogen-bond acceptors (Lipinski definition) is 3. The summed E-state index contributed by atoms with van der Waals surface area (Å²) in [6, 6.07) is 7.05. The summed E-state index contributed by atoms with van der Waals surface area (Å²) < 4.78 is 5.28. The average molecular weight is 224 g/mol. The topological polar surface area (TPSA) is 26.3 Å². The highest BCUT2D eigenvalue weighted by Crippen LogP contribution is 2.13. The Labute approximate surface area is 96.1 Å². The molecule has 0 saturated heterocycles. The van der Waals surface area contributed by atoms with E-state index in [0.29, 0.717) is 11.5 Å². The smallest absolute Gasteiger partial charge is 0.338 e. The van der Waals surface area contributed by atoms with Crippen molar-refractivity contribution in [3.63, 3.8) is 0 Å². The van der Waals surface area contributed by atoms with Gasteiger partial charge in [0.25, 0.3) is 0 Å². The molecule has 0 fully saturated rings. The Kier molecular flexibility index (Phi) is 4.21. The molecule has 2 nitrogen and oxygen atoms in total. The van der Waals surface area contributed by atoms with E-state index in [0.717, 1.165) is 4.90 Å². The van der Waals surface area contributed by atoms with Crippen molar-refractivity contribution < 1.29 is 9.53 Å². The summed E-state index contributed by atoms with van der Waals surface area (Å²) in [4.78, 5) is 12.4. The quantitative estimate of drug-likeness (QED) is 0.630. The fourth-order valence-corrected chi connectivity index (χ4v) is 1.23. The third kappa shape index (κ3) is 3.59. The van der Waals surface area contributed by atoms with Crippen LogP contribution in [0.3, 0.4) is 0 Å². The van der Waals surface area contributed by atoms with Gasteiger partial charge in [-0.05, 0) is 31.0 Å². The molecule has 0 aliphatic rings. The molecule has 0 saturated carbocycles. The monoisotopic (exact) mass is 224 g/mol. The molecular weight excluding hydrogens is 208 g/mol. The molecule has 0 spiro atoms. The highest BCUT2D eigenvalue weighted by molar-refractivity contribution is 7.80. The predicted octanol–water partition coefficient (Wildman–Crippen LogP) is 3.18. The minimum atomic E-state index is -0.285. The van der Waals surface area contributed by atoms with Crippen LogP contribution in [0, 0.1) is 5.92 Å². The number of hydrogen-bond donors (Lipinski definition) is 1. The van der Waals surface area contributed by atoms with Gasteiger partial charge in [-0.3, -0.25) is 0 Å². The number of benzene rings is 1. The van der Waals surface area contributed by atoms with Gasteiger partial charge < -0.3 is 4.74 Å². The molecule has 15 heavy (non-hydrogen) atoms. The van der Waals surface area contributed by atoms with E-state index in [2.05, 4.69) is 12.6 Å². The van der Waals surface area contributed by atoms with Gasteiger partial charge in [0.1, 0.15) is 6.10 Å². The van der Waals surface area contributed by atoms with Crippen molar-refractivity contribution in [2.45, 2.75) is 31.8 Å². The van der Waals surface area contributed by atoms with E-state index in [1.807, 2.05) is 26.8 Å². The SMILES string of the molecule is CC(C)C(C)OC(=O)c1cccc(S)c1. The number of esters is 1. The zero-order chi connectivity index (χ0) is 11.4. The Morgan fingerprint density at radius 2 is 2.00 bits per heavy atom. The molecular formula is C12H16O2S. The van der Waals surface area contributed by atoms with Gasteiger partial charge in [-0.15, -0.1) is 12.6 Å². The van der Waals surface area contributed by atoms with E-state index in [1.165, 1.54) is 0 Å². The minimum Gasteiger partial charge on any atom is -0.459 e. The van der Waals surface area contributed by atoms with Crippen molar-refractivity contribution in [2.24, 2.45) is 5.92 Å². The Balaban J connectivity index is 2.69. The van der Waals surface area contributed by atoms with Gasteiger partial charge >= 0.3 is 5.97 Å². The molecule has 0 amide bonds. The van der Waals surface area contributed by atoms with Crippen LogP contribution < -0.4 is 0 Å². The molecule has 1 atom stereocenters. The molecule has 1 aromatic rings. The first-order valence-corrected chi connectivity index (χ1v) is 5.45. The van der Waals surface area contributed by atoms with Crippen LogP contribution >= 0.6 is 12.6 Å². The van der Waals surface area contributed by atoms with Crippen LogP contribution in [0.15, 0.2) is 29.2 Å². The van der Waals surface area contributed by atoms with Crippen molar-refractivity contribution in [1.82, 2.24) is 0 Å². The van der Waals surface area contributed by atoms with Crippen LogP contribution in [0.2, 0.25) is 0 Å². The van der Waals surface area contributed by atoms with Crippen LogP contribution in [-0.4, -0.2) is 12.1 Å². The summed E-state index contributed by atoms with van der Waals surface area (Å²) in [6.45, 7) is 5.94. The Morgan fingerprint density at radius 3 is 2.53 bits per heavy atom. The highest BCUT2D eigenvalue weighted by Gasteiger charge is 2.14. The van der Waals surface area contributed by atoms with E-state index in [1.54, 1.807) is 18.2 Å². The Morgan fingerprint density at radius 1 is 1.33 bits per heavy atom. The van der Waals surface area contributed by atoms with Crippen LogP contribution in [0.25, 0.3) is 0 Å². The maximum atomic E-state index is 11.7. The fourth-order valence-electron chi connectivity index (χ4n) is 1.01. The van der Waals surface area contributed by atoms with E-state index < -0.39 is 0 Å². The highest BCUT2D eigenvalue weighted by atomic mass is 32.1. The second-order valence-corrected chi connectivity index (χ2v) is 4.42. The number of carbonyl (C=O) groups is 1. The molecule has 0 N–H and O–H groups in total. The van der Waals surface area contributed by atoms with Crippen molar-refractivity contribution in [3.05, 3.63) is 29.8 Å². The van der Waals surface area contributed by atoms with Gasteiger partial charge in [-0.25, -0.2) is 4.79 Å². The van der Waals surface area contributed by atoms with Gasteiger partial charge in [0.2, 0.25) is 0 Å². The average Bonchev–Trinajstić information content (AvgIpc) is 2.17. The van der Waals surface area contributed by atoms with Crippen LogP contribution in [0.4, 0.5) is 0 Å². The standard InChI is InChI=1S/C12H16O2S/c1-8(2)9(3)14-12(13)10-5-4-6-11(15)7-10/h4-9,15H,1-3H3. The van der Waals surface area contributed by atoms with Crippen molar-refractivity contribution >= 4 is 18.6 Å². The number of thiol groups is 1. The van der Waals surface area contributed by atoms with E-state index in [-0.39, 0.29) is 12.1 Å². The van der Waals surface area contributed by atoms with Gasteiger partial charge in [0, 0.05) is 4.90 Å². The number of carbonyl (C=O) groups excluding carboxylic acids is 1. The molecule has 0 bridgehead atoms. The molecule has 1 aromatic carbocycles. The van der Waals surface area contributed by atoms with Gasteiger partial charge in [-0.2, -0.15) is 0 Å². The zero-order valence-corrected chi connectivity index (χ0v) is 10.1. The van der Waals surface area contributed by atoms with Crippen molar-refractivity contribution in [2.75, 3.05) is 0 Å². The first-order chi connectivity index (χ1) is 7.00. The lowest BCUT2D eigenvalue weighted by Gasteiger charge is -2.16. The maximum Gasteiger partial charge on any atom is 0.338 e. The second-order valence-electron chi connectivity index (χ2n) is 3.90. The van der Waals surface area contributed by atoms with Crippen LogP contribution in [0.1, 0.15) is 31.1 Å². The number of rotatable bonds is 3. The molecule has 0 aromatic heterocycles. The summed E-state index contributed by atoms with van der Waals surface area (Å²) in [5.74, 6) is 0.0419. The van der Waals surface area contributed by atoms with Crippen LogP contribution in [-0.2, 0) is 4.74 Å². The Hall–Kier alpha value is -0.960. The molecule has 1 rings (SSSR count). The number of ether oxygens (including phenoxy) is 1. The first-order valence-electron chi connectivity index (χ1n) is 5.00. The fraction of sp³-hybridized carbons (Fsp3) is 0.417. The molecule has 0 aliphatic carbocycles. The normalized spacial score (nSPS) is 12.6. The van der Waals surface area contributed by atoms with Crippen molar-refractivity contribution in [1.29, 1.82) is 0 Å². The molecule has 1 unspecified atom stereocenters. The zero-order valence-electron chi connectivity index (χ0n) is 9.23. The molecule has 82 valence electrons. The summed E-state index contributed by atoms with van der Waals surface area (Å²) in [7, 11) is 0. The first kappa shape index (κ1) is 12.1. The molecule has 0 aliphatic heterocycles. The Bertz CT molecular complexity index is 347. The molecule has 3 heteroatoms. The van der Waals surface area contributed by atoms with Gasteiger partial charge in [0.15, 0.2) is 0 Å². The van der Waals surface area contributed by atoms with Gasteiger partial charge in [0.05, 0.1) is 5.56 Å². The van der Waals surface area contributed by atoms with E-state index in [4.69, 9.17) is 4.74 Å². The molecule has 0 radical (unpaired) electrons. The van der Waals surface area contributed by atoms with E-state index >= 15 is 0 Å². The summed E-state index contributed by atoms with van der Waals surface area (Å²) in [6.07, 6.45) is -0.0685.